The van der Waals surface area contributed by atoms with Crippen LogP contribution in [0.15, 0.2) is 36.1 Å². The second-order valence-corrected chi connectivity index (χ2v) is 7.29. The number of carbonyl (C=O) groups excluding carboxylic acids is 1. The zero-order valence-corrected chi connectivity index (χ0v) is 16.3. The number of aliphatic hydroxyl groups is 4. The van der Waals surface area contributed by atoms with Gasteiger partial charge in [-0.3, -0.25) is 4.79 Å². The number of benzene rings is 2. The summed E-state index contributed by atoms with van der Waals surface area (Å²) in [7, 11) is 0. The Labute approximate surface area is 180 Å². The lowest BCUT2D eigenvalue weighted by atomic mass is 9.99. The smallest absolute Gasteiger partial charge is 0.232 e. The molecule has 2 unspecified atom stereocenters. The van der Waals surface area contributed by atoms with Crippen molar-refractivity contribution in [2.24, 2.45) is 0 Å². The summed E-state index contributed by atoms with van der Waals surface area (Å²) < 4.78 is 16.1. The third-order valence-corrected chi connectivity index (χ3v) is 5.16. The first-order valence-electron chi connectivity index (χ1n) is 9.50. The van der Waals surface area contributed by atoms with E-state index in [2.05, 4.69) is 0 Å². The van der Waals surface area contributed by atoms with Crippen LogP contribution in [0.2, 0.25) is 0 Å². The Bertz CT molecular complexity index is 1080. The largest absolute Gasteiger partial charge is 0.504 e. The number of rotatable bonds is 4. The summed E-state index contributed by atoms with van der Waals surface area (Å²) in [5.41, 5.74) is 0.381. The lowest BCUT2D eigenvalue weighted by Gasteiger charge is -2.39. The quantitative estimate of drug-likeness (QED) is 0.238. The molecule has 0 bridgehead atoms. The fourth-order valence-electron chi connectivity index (χ4n) is 3.39. The second-order valence-electron chi connectivity index (χ2n) is 7.29. The van der Waals surface area contributed by atoms with Gasteiger partial charge in [-0.05, 0) is 35.9 Å². The maximum atomic E-state index is 12.6. The highest BCUT2D eigenvalue weighted by atomic mass is 16.7. The first-order chi connectivity index (χ1) is 15.2. The molecule has 32 heavy (non-hydrogen) atoms. The fourth-order valence-corrected chi connectivity index (χ4v) is 3.39. The fraction of sp³-hybridized carbons (Fsp3) is 0.286. The molecule has 0 spiro atoms. The molecule has 0 amide bonds. The molecule has 11 heteroatoms. The number of phenolic OH excluding ortho intramolecular Hbond substituents is 3. The minimum absolute atomic E-state index is 0.0258. The van der Waals surface area contributed by atoms with Gasteiger partial charge >= 0.3 is 0 Å². The SMILES string of the molecule is O=C1/C(=C\c2ccc(O)c(O)c2)Oc2c1ccc(O[C@@H]1OC(CO)[C@@H](O)[C@H](O)C1O)c2O. The number of carbonyl (C=O) groups is 1. The van der Waals surface area contributed by atoms with Gasteiger partial charge in [-0.1, -0.05) is 6.07 Å². The normalized spacial score (nSPS) is 28.4. The van der Waals surface area contributed by atoms with Crippen LogP contribution in [0, 0.1) is 0 Å². The van der Waals surface area contributed by atoms with Crippen LogP contribution in [0.5, 0.6) is 28.7 Å². The van der Waals surface area contributed by atoms with Crippen molar-refractivity contribution in [1.82, 2.24) is 0 Å². The van der Waals surface area contributed by atoms with Gasteiger partial charge in [-0.15, -0.1) is 0 Å². The Morgan fingerprint density at radius 2 is 1.72 bits per heavy atom. The average molecular weight is 448 g/mol. The summed E-state index contributed by atoms with van der Waals surface area (Å²) in [5.74, 6) is -2.48. The van der Waals surface area contributed by atoms with E-state index >= 15 is 0 Å². The van der Waals surface area contributed by atoms with Gasteiger partial charge in [0.15, 0.2) is 28.8 Å². The Morgan fingerprint density at radius 3 is 2.41 bits per heavy atom. The molecule has 7 N–H and O–H groups in total. The van der Waals surface area contributed by atoms with Crippen LogP contribution in [0.25, 0.3) is 6.08 Å². The molecule has 2 heterocycles. The van der Waals surface area contributed by atoms with Crippen molar-refractivity contribution in [1.29, 1.82) is 0 Å². The van der Waals surface area contributed by atoms with Gasteiger partial charge in [0.25, 0.3) is 0 Å². The van der Waals surface area contributed by atoms with Gasteiger partial charge in [-0.2, -0.15) is 0 Å². The number of Topliss-reactive ketones (excluding diaryl/α,β-unsaturated/α-hetero) is 1. The maximum absolute atomic E-state index is 12.6. The number of phenols is 3. The van der Waals surface area contributed by atoms with Crippen molar-refractivity contribution in [3.63, 3.8) is 0 Å². The topological polar surface area (TPSA) is 186 Å². The van der Waals surface area contributed by atoms with Gasteiger partial charge in [0.1, 0.15) is 24.4 Å². The highest BCUT2D eigenvalue weighted by Crippen LogP contribution is 2.45. The lowest BCUT2D eigenvalue weighted by Crippen LogP contribution is -2.60. The van der Waals surface area contributed by atoms with Crippen LogP contribution < -0.4 is 9.47 Å². The Balaban J connectivity index is 1.59. The van der Waals surface area contributed by atoms with Crippen LogP contribution in [0.4, 0.5) is 0 Å². The van der Waals surface area contributed by atoms with E-state index in [4.69, 9.17) is 14.2 Å². The molecule has 0 radical (unpaired) electrons. The summed E-state index contributed by atoms with van der Waals surface area (Å²) in [6.07, 6.45) is -6.38. The van der Waals surface area contributed by atoms with Crippen molar-refractivity contribution >= 4 is 11.9 Å². The van der Waals surface area contributed by atoms with Crippen molar-refractivity contribution in [3.05, 3.63) is 47.2 Å². The second kappa shape index (κ2) is 8.30. The third-order valence-electron chi connectivity index (χ3n) is 5.16. The van der Waals surface area contributed by atoms with Crippen LogP contribution in [-0.2, 0) is 4.74 Å². The summed E-state index contributed by atoms with van der Waals surface area (Å²) >= 11 is 0. The number of hydrogen-bond acceptors (Lipinski definition) is 11. The van der Waals surface area contributed by atoms with Gasteiger partial charge in [0, 0.05) is 0 Å². The molecule has 2 aliphatic heterocycles. The van der Waals surface area contributed by atoms with E-state index in [1.807, 2.05) is 0 Å². The van der Waals surface area contributed by atoms with Gasteiger partial charge in [0.05, 0.1) is 12.2 Å². The summed E-state index contributed by atoms with van der Waals surface area (Å²) in [5, 5.41) is 68.6. The van der Waals surface area contributed by atoms with Crippen molar-refractivity contribution in [2.75, 3.05) is 6.61 Å². The van der Waals surface area contributed by atoms with Crippen LogP contribution >= 0.6 is 0 Å². The number of ether oxygens (including phenoxy) is 3. The van der Waals surface area contributed by atoms with Gasteiger partial charge in [-0.25, -0.2) is 0 Å². The molecular weight excluding hydrogens is 428 g/mol. The summed E-state index contributed by atoms with van der Waals surface area (Å²) in [6.45, 7) is -0.653. The Kier molecular flexibility index (Phi) is 5.67. The molecule has 11 nitrogen and oxygen atoms in total. The van der Waals surface area contributed by atoms with E-state index in [1.54, 1.807) is 0 Å². The Morgan fingerprint density at radius 1 is 0.969 bits per heavy atom. The van der Waals surface area contributed by atoms with E-state index in [1.165, 1.54) is 36.4 Å². The highest BCUT2D eigenvalue weighted by molar-refractivity contribution is 6.15. The number of hydrogen-bond donors (Lipinski definition) is 7. The van der Waals surface area contributed by atoms with E-state index in [-0.39, 0.29) is 34.3 Å². The molecule has 170 valence electrons. The van der Waals surface area contributed by atoms with Crippen LogP contribution in [0.1, 0.15) is 15.9 Å². The van der Waals surface area contributed by atoms with Gasteiger partial charge < -0.3 is 50.0 Å². The van der Waals surface area contributed by atoms with Crippen LogP contribution in [-0.4, -0.2) is 78.8 Å². The molecule has 1 saturated heterocycles. The predicted octanol–water partition coefficient (Wildman–Crippen LogP) is -0.402. The molecule has 2 aromatic carbocycles. The molecular formula is C21H20O11. The highest BCUT2D eigenvalue weighted by Gasteiger charge is 2.45. The third kappa shape index (κ3) is 3.72. The molecule has 5 atom stereocenters. The Hall–Kier alpha value is -3.35. The van der Waals surface area contributed by atoms with Crippen LogP contribution in [0.3, 0.4) is 0 Å². The number of ketones is 1. The number of allylic oxidation sites excluding steroid dienone is 1. The number of aromatic hydroxyl groups is 3. The predicted molar refractivity (Wildman–Crippen MR) is 105 cm³/mol. The maximum Gasteiger partial charge on any atom is 0.232 e. The molecule has 2 aromatic rings. The van der Waals surface area contributed by atoms with Crippen molar-refractivity contribution in [3.8, 4) is 28.7 Å². The van der Waals surface area contributed by atoms with E-state index in [0.29, 0.717) is 5.56 Å². The van der Waals surface area contributed by atoms with Crippen molar-refractivity contribution < 1.29 is 54.8 Å². The zero-order valence-electron chi connectivity index (χ0n) is 16.3. The summed E-state index contributed by atoms with van der Waals surface area (Å²) in [6, 6.07) is 6.43. The van der Waals surface area contributed by atoms with Gasteiger partial charge in [0.2, 0.25) is 17.8 Å². The molecule has 4 rings (SSSR count). The zero-order chi connectivity index (χ0) is 23.2. The van der Waals surface area contributed by atoms with Crippen molar-refractivity contribution in [2.45, 2.75) is 30.7 Å². The van der Waals surface area contributed by atoms with E-state index < -0.39 is 48.8 Å². The molecule has 1 fully saturated rings. The lowest BCUT2D eigenvalue weighted by molar-refractivity contribution is -0.277. The minimum Gasteiger partial charge on any atom is -0.504 e. The first kappa shape index (κ1) is 21.9. The number of fused-ring (bicyclic) bond motifs is 1. The number of aliphatic hydroxyl groups excluding tert-OH is 4. The first-order valence-corrected chi connectivity index (χ1v) is 9.50. The molecule has 0 aromatic heterocycles. The summed E-state index contributed by atoms with van der Waals surface area (Å²) in [4.78, 5) is 12.6. The molecule has 2 aliphatic rings. The molecule has 0 saturated carbocycles. The average Bonchev–Trinajstić information content (AvgIpc) is 3.09. The minimum atomic E-state index is -1.69. The van der Waals surface area contributed by atoms with E-state index in [9.17, 15) is 40.5 Å². The standard InChI is InChI=1S/C21H20O11/c22-7-14-16(26)18(28)19(29)21(32-14)31-12-4-2-9-15(25)13(30-20(9)17(12)27)6-8-1-3-10(23)11(24)5-8/h1-6,14,16,18-19,21-24,26-29H,7H2/b13-6+/t14?,16-,18+,19?,21-/m1/s1. The molecule has 0 aliphatic carbocycles. The van der Waals surface area contributed by atoms with E-state index in [0.717, 1.165) is 0 Å². The monoisotopic (exact) mass is 448 g/mol.